The maximum absolute atomic E-state index is 13.9. The van der Waals surface area contributed by atoms with Crippen molar-refractivity contribution in [2.45, 2.75) is 31.4 Å². The van der Waals surface area contributed by atoms with Gasteiger partial charge >= 0.3 is 0 Å². The molecule has 0 saturated heterocycles. The summed E-state index contributed by atoms with van der Waals surface area (Å²) in [5.41, 5.74) is 4.47. The van der Waals surface area contributed by atoms with Crippen LogP contribution in [-0.2, 0) is 11.4 Å². The van der Waals surface area contributed by atoms with Crippen LogP contribution in [0, 0.1) is 0 Å². The molecule has 0 saturated carbocycles. The van der Waals surface area contributed by atoms with E-state index >= 15 is 0 Å². The van der Waals surface area contributed by atoms with Crippen molar-refractivity contribution in [3.8, 4) is 23.0 Å². The van der Waals surface area contributed by atoms with Crippen molar-refractivity contribution >= 4 is 11.7 Å². The predicted molar refractivity (Wildman–Crippen MR) is 149 cm³/mol. The first kappa shape index (κ1) is 25.5. The van der Waals surface area contributed by atoms with E-state index in [2.05, 4.69) is 15.4 Å². The summed E-state index contributed by atoms with van der Waals surface area (Å²) in [6.45, 7) is 0.390. The summed E-state index contributed by atoms with van der Waals surface area (Å²) in [5, 5.41) is 7.86. The molecule has 0 radical (unpaired) electrons. The highest BCUT2D eigenvalue weighted by Crippen LogP contribution is 2.46. The van der Waals surface area contributed by atoms with Gasteiger partial charge in [0, 0.05) is 17.7 Å². The Bertz CT molecular complexity index is 1580. The zero-order valence-electron chi connectivity index (χ0n) is 22.6. The summed E-state index contributed by atoms with van der Waals surface area (Å²) in [4.78, 5) is 18.3. The van der Waals surface area contributed by atoms with Crippen molar-refractivity contribution in [3.63, 3.8) is 0 Å². The fourth-order valence-corrected chi connectivity index (χ4v) is 5.51. The molecule has 0 spiro atoms. The molecule has 0 unspecified atom stereocenters. The normalized spacial score (nSPS) is 17.9. The molecule has 1 aliphatic heterocycles. The molecule has 204 valence electrons. The molecule has 1 N–H and O–H groups in total. The minimum atomic E-state index is -0.447. The monoisotopic (exact) mass is 538 g/mol. The van der Waals surface area contributed by atoms with Gasteiger partial charge in [-0.25, -0.2) is 4.68 Å². The Hall–Kier alpha value is -4.79. The molecule has 2 aliphatic rings. The van der Waals surface area contributed by atoms with Crippen LogP contribution >= 0.6 is 0 Å². The summed E-state index contributed by atoms with van der Waals surface area (Å²) in [6, 6.07) is 21.1. The molecule has 0 amide bonds. The van der Waals surface area contributed by atoms with Crippen LogP contribution in [0.2, 0.25) is 0 Å². The van der Waals surface area contributed by atoms with Gasteiger partial charge in [-0.15, -0.1) is 0 Å². The number of rotatable bonds is 8. The average Bonchev–Trinajstić information content (AvgIpc) is 3.47. The highest BCUT2D eigenvalue weighted by atomic mass is 16.5. The number of benzene rings is 3. The van der Waals surface area contributed by atoms with Crippen molar-refractivity contribution in [1.29, 1.82) is 0 Å². The molecule has 2 heterocycles. The number of hydrogen-bond acceptors (Lipinski definition) is 8. The van der Waals surface area contributed by atoms with Crippen LogP contribution in [0.5, 0.6) is 23.0 Å². The Kier molecular flexibility index (Phi) is 6.86. The van der Waals surface area contributed by atoms with Crippen LogP contribution < -0.4 is 24.3 Å². The standard InChI is InChI=1S/C31H30N4O5/c1-37-25-11-9-20(15-27(25)39-3)22-13-23-29(24(36)14-22)30(35-31(34-23)32-18-33-35)21-10-12-26(38-2)28(16-21)40-17-19-7-5-4-6-8-19/h4-12,15-16,18,22,30H,13-14,17H2,1-3H3,(H,32,33,34)/t22-,30+/m1/s1. The molecule has 0 fully saturated rings. The fraction of sp³-hybridized carbons (Fsp3) is 0.258. The van der Waals surface area contributed by atoms with E-state index < -0.39 is 6.04 Å². The molecule has 2 atom stereocenters. The molecule has 0 bridgehead atoms. The zero-order valence-corrected chi connectivity index (χ0v) is 22.6. The van der Waals surface area contributed by atoms with Crippen LogP contribution in [0.1, 0.15) is 41.5 Å². The SMILES string of the molecule is COc1ccc([C@H]2CC(=O)C3=C(C2)Nc2ncnn2[C@H]3c2ccc(OC)c(OCc3ccccc3)c2)cc1OC. The van der Waals surface area contributed by atoms with Crippen molar-refractivity contribution in [1.82, 2.24) is 14.8 Å². The number of allylic oxidation sites excluding steroid dienone is 2. The van der Waals surface area contributed by atoms with Gasteiger partial charge in [-0.2, -0.15) is 10.1 Å². The number of ether oxygens (including phenoxy) is 4. The number of fused-ring (bicyclic) bond motifs is 1. The van der Waals surface area contributed by atoms with Crippen molar-refractivity contribution in [3.05, 3.63) is 101 Å². The van der Waals surface area contributed by atoms with E-state index in [1.54, 1.807) is 26.0 Å². The maximum Gasteiger partial charge on any atom is 0.226 e. The lowest BCUT2D eigenvalue weighted by molar-refractivity contribution is -0.116. The Morgan fingerprint density at radius 1 is 0.850 bits per heavy atom. The van der Waals surface area contributed by atoms with Gasteiger partial charge in [0.2, 0.25) is 5.95 Å². The molecule has 3 aromatic carbocycles. The van der Waals surface area contributed by atoms with Gasteiger partial charge < -0.3 is 24.3 Å². The molecule has 9 nitrogen and oxygen atoms in total. The Labute approximate surface area is 232 Å². The first-order valence-corrected chi connectivity index (χ1v) is 13.1. The van der Waals surface area contributed by atoms with Gasteiger partial charge in [0.25, 0.3) is 0 Å². The Morgan fingerprint density at radius 3 is 2.30 bits per heavy atom. The second-order valence-electron chi connectivity index (χ2n) is 9.78. The van der Waals surface area contributed by atoms with Crippen LogP contribution in [0.15, 0.2) is 84.3 Å². The van der Waals surface area contributed by atoms with Crippen LogP contribution in [0.3, 0.4) is 0 Å². The number of carbonyl (C=O) groups is 1. The van der Waals surface area contributed by atoms with Crippen molar-refractivity contribution < 1.29 is 23.7 Å². The van der Waals surface area contributed by atoms with Gasteiger partial charge in [-0.3, -0.25) is 4.79 Å². The third-order valence-electron chi connectivity index (χ3n) is 7.48. The van der Waals surface area contributed by atoms with Gasteiger partial charge in [0.1, 0.15) is 19.0 Å². The summed E-state index contributed by atoms with van der Waals surface area (Å²) in [5.74, 6) is 3.14. The summed E-state index contributed by atoms with van der Waals surface area (Å²) < 4.78 is 24.4. The van der Waals surface area contributed by atoms with E-state index in [9.17, 15) is 4.79 Å². The number of aromatic nitrogens is 3. The number of anilines is 1. The smallest absolute Gasteiger partial charge is 0.226 e. The molecule has 9 heteroatoms. The lowest BCUT2D eigenvalue weighted by Gasteiger charge is -2.35. The number of nitrogens with one attached hydrogen (secondary N) is 1. The van der Waals surface area contributed by atoms with Gasteiger partial charge in [0.15, 0.2) is 28.8 Å². The average molecular weight is 539 g/mol. The predicted octanol–water partition coefficient (Wildman–Crippen LogP) is 5.30. The minimum Gasteiger partial charge on any atom is -0.493 e. The number of ketones is 1. The quantitative estimate of drug-likeness (QED) is 0.323. The topological polar surface area (TPSA) is 96.7 Å². The molecular weight excluding hydrogens is 508 g/mol. The Morgan fingerprint density at radius 2 is 1.55 bits per heavy atom. The first-order valence-electron chi connectivity index (χ1n) is 13.1. The van der Waals surface area contributed by atoms with Gasteiger partial charge in [0.05, 0.1) is 21.3 Å². The van der Waals surface area contributed by atoms with Crippen LogP contribution in [0.25, 0.3) is 0 Å². The largest absolute Gasteiger partial charge is 0.493 e. The molecule has 4 aromatic rings. The van der Waals surface area contributed by atoms with Gasteiger partial charge in [-0.1, -0.05) is 42.5 Å². The maximum atomic E-state index is 13.9. The molecule has 40 heavy (non-hydrogen) atoms. The Balaban J connectivity index is 1.36. The fourth-order valence-electron chi connectivity index (χ4n) is 5.51. The van der Waals surface area contributed by atoms with Gasteiger partial charge in [-0.05, 0) is 53.3 Å². The van der Waals surface area contributed by atoms with E-state index in [4.69, 9.17) is 18.9 Å². The van der Waals surface area contributed by atoms with Crippen LogP contribution in [-0.4, -0.2) is 41.9 Å². The number of nitrogens with zero attached hydrogens (tertiary/aromatic N) is 3. The van der Waals surface area contributed by atoms with Crippen molar-refractivity contribution in [2.24, 2.45) is 0 Å². The second-order valence-corrected chi connectivity index (χ2v) is 9.78. The molecule has 1 aliphatic carbocycles. The highest BCUT2D eigenvalue weighted by Gasteiger charge is 2.39. The van der Waals surface area contributed by atoms with Crippen LogP contribution in [0.4, 0.5) is 5.95 Å². The number of carbonyl (C=O) groups excluding carboxylic acids is 1. The third kappa shape index (κ3) is 4.64. The summed E-state index contributed by atoms with van der Waals surface area (Å²) in [6.07, 6.45) is 2.51. The number of methoxy groups -OCH3 is 3. The number of Topliss-reactive ketones (excluding diaryl/α,β-unsaturated/α-hetero) is 1. The van der Waals surface area contributed by atoms with E-state index in [-0.39, 0.29) is 11.7 Å². The molecule has 6 rings (SSSR count). The second kappa shape index (κ2) is 10.8. The molecular formula is C31H30N4O5. The minimum absolute atomic E-state index is 0.0192. The zero-order chi connectivity index (χ0) is 27.6. The first-order chi connectivity index (χ1) is 19.6. The summed E-state index contributed by atoms with van der Waals surface area (Å²) in [7, 11) is 4.84. The number of hydrogen-bond donors (Lipinski definition) is 1. The highest BCUT2D eigenvalue weighted by molar-refractivity contribution is 6.00. The third-order valence-corrected chi connectivity index (χ3v) is 7.48. The van der Waals surface area contributed by atoms with E-state index in [0.717, 1.165) is 22.4 Å². The van der Waals surface area contributed by atoms with E-state index in [1.165, 1.54) is 6.33 Å². The van der Waals surface area contributed by atoms with Crippen molar-refractivity contribution in [2.75, 3.05) is 26.6 Å². The summed E-state index contributed by atoms with van der Waals surface area (Å²) >= 11 is 0. The molecule has 1 aromatic heterocycles. The van der Waals surface area contributed by atoms with E-state index in [0.29, 0.717) is 54.0 Å². The lowest BCUT2D eigenvalue weighted by atomic mass is 9.78. The van der Waals surface area contributed by atoms with E-state index in [1.807, 2.05) is 66.7 Å². The lowest BCUT2D eigenvalue weighted by Crippen LogP contribution is -2.33.